The number of hydrogen-bond acceptors (Lipinski definition) is 2. The van der Waals surface area contributed by atoms with Crippen molar-refractivity contribution in [3.63, 3.8) is 0 Å². The molecule has 1 aliphatic carbocycles. The first-order valence-electron chi connectivity index (χ1n) is 4.91. The van der Waals surface area contributed by atoms with Gasteiger partial charge in [-0.1, -0.05) is 6.92 Å². The molecule has 1 fully saturated rings. The van der Waals surface area contributed by atoms with Crippen LogP contribution in [-0.2, 0) is 4.79 Å². The Morgan fingerprint density at radius 1 is 1.46 bits per heavy atom. The van der Waals surface area contributed by atoms with Gasteiger partial charge < -0.3 is 10.2 Å². The van der Waals surface area contributed by atoms with E-state index in [4.69, 9.17) is 5.11 Å². The molecule has 3 nitrogen and oxygen atoms in total. The van der Waals surface area contributed by atoms with E-state index in [2.05, 4.69) is 6.92 Å². The molecule has 1 atom stereocenters. The van der Waals surface area contributed by atoms with Crippen molar-refractivity contribution in [2.45, 2.75) is 45.1 Å². The van der Waals surface area contributed by atoms with E-state index in [1.807, 2.05) is 0 Å². The molecule has 0 radical (unpaired) electrons. The summed E-state index contributed by atoms with van der Waals surface area (Å²) in [5.41, 5.74) is -0.960. The van der Waals surface area contributed by atoms with Crippen molar-refractivity contribution in [1.82, 2.24) is 0 Å². The molecule has 2 N–H and O–H groups in total. The summed E-state index contributed by atoms with van der Waals surface area (Å²) in [6.07, 6.45) is 3.13. The monoisotopic (exact) mass is 186 g/mol. The Balaban J connectivity index is 2.61. The fourth-order valence-electron chi connectivity index (χ4n) is 1.92. The topological polar surface area (TPSA) is 57.5 Å². The third kappa shape index (κ3) is 2.21. The number of rotatable bonds is 2. The van der Waals surface area contributed by atoms with Crippen LogP contribution in [0.2, 0.25) is 0 Å². The summed E-state index contributed by atoms with van der Waals surface area (Å²) in [5.74, 6) is -0.904. The van der Waals surface area contributed by atoms with Gasteiger partial charge in [-0.2, -0.15) is 0 Å². The van der Waals surface area contributed by atoms with Crippen molar-refractivity contribution in [2.24, 2.45) is 11.8 Å². The van der Waals surface area contributed by atoms with Crippen LogP contribution in [0.1, 0.15) is 39.5 Å². The molecule has 0 aromatic rings. The quantitative estimate of drug-likeness (QED) is 0.689. The molecule has 1 saturated carbocycles. The zero-order chi connectivity index (χ0) is 10.1. The first-order valence-corrected chi connectivity index (χ1v) is 4.91. The number of carboxylic acids is 1. The highest BCUT2D eigenvalue weighted by Crippen LogP contribution is 2.36. The van der Waals surface area contributed by atoms with Crippen LogP contribution < -0.4 is 0 Å². The Morgan fingerprint density at radius 2 is 1.92 bits per heavy atom. The lowest BCUT2D eigenvalue weighted by Gasteiger charge is -2.37. The molecule has 0 saturated heterocycles. The van der Waals surface area contributed by atoms with Gasteiger partial charge in [-0.25, -0.2) is 0 Å². The summed E-state index contributed by atoms with van der Waals surface area (Å²) in [7, 11) is 0. The van der Waals surface area contributed by atoms with Crippen LogP contribution >= 0.6 is 0 Å². The number of aliphatic hydroxyl groups is 1. The van der Waals surface area contributed by atoms with Crippen molar-refractivity contribution in [3.8, 4) is 0 Å². The Hall–Kier alpha value is -0.570. The summed E-state index contributed by atoms with van der Waals surface area (Å²) in [4.78, 5) is 10.7. The third-order valence-corrected chi connectivity index (χ3v) is 3.32. The molecular weight excluding hydrogens is 168 g/mol. The van der Waals surface area contributed by atoms with Gasteiger partial charge in [-0.15, -0.1) is 0 Å². The fraction of sp³-hybridized carbons (Fsp3) is 0.900. The smallest absolute Gasteiger partial charge is 0.309 e. The maximum absolute atomic E-state index is 10.7. The second-order valence-corrected chi connectivity index (χ2v) is 4.35. The molecule has 3 heteroatoms. The Bertz CT molecular complexity index is 192. The van der Waals surface area contributed by atoms with Gasteiger partial charge in [0, 0.05) is 0 Å². The number of hydrogen-bond donors (Lipinski definition) is 2. The molecule has 1 aliphatic rings. The first kappa shape index (κ1) is 10.5. The van der Waals surface area contributed by atoms with Crippen LogP contribution in [0, 0.1) is 11.8 Å². The van der Waals surface area contributed by atoms with Gasteiger partial charge in [-0.3, -0.25) is 4.79 Å². The van der Waals surface area contributed by atoms with Gasteiger partial charge in [0.2, 0.25) is 0 Å². The normalized spacial score (nSPS) is 37.0. The Kier molecular flexibility index (Phi) is 2.96. The summed E-state index contributed by atoms with van der Waals surface area (Å²) < 4.78 is 0. The van der Waals surface area contributed by atoms with E-state index in [0.29, 0.717) is 18.8 Å². The van der Waals surface area contributed by atoms with Gasteiger partial charge in [0.1, 0.15) is 0 Å². The maximum atomic E-state index is 10.7. The Labute approximate surface area is 78.8 Å². The highest BCUT2D eigenvalue weighted by atomic mass is 16.4. The average Bonchev–Trinajstić information content (AvgIpc) is 2.09. The largest absolute Gasteiger partial charge is 0.481 e. The second kappa shape index (κ2) is 3.66. The van der Waals surface area contributed by atoms with Crippen molar-refractivity contribution < 1.29 is 15.0 Å². The van der Waals surface area contributed by atoms with Gasteiger partial charge in [0.25, 0.3) is 0 Å². The minimum absolute atomic E-state index is 0.626. The van der Waals surface area contributed by atoms with E-state index >= 15 is 0 Å². The molecule has 0 aromatic carbocycles. The van der Waals surface area contributed by atoms with Gasteiger partial charge in [-0.05, 0) is 38.5 Å². The van der Waals surface area contributed by atoms with E-state index < -0.39 is 17.5 Å². The highest BCUT2D eigenvalue weighted by Gasteiger charge is 2.40. The lowest BCUT2D eigenvalue weighted by molar-refractivity contribution is -0.154. The highest BCUT2D eigenvalue weighted by molar-refractivity contribution is 5.71. The lowest BCUT2D eigenvalue weighted by atomic mass is 9.73. The van der Waals surface area contributed by atoms with E-state index in [9.17, 15) is 9.90 Å². The predicted octanol–water partition coefficient (Wildman–Crippen LogP) is 1.65. The molecule has 1 rings (SSSR count). The lowest BCUT2D eigenvalue weighted by Crippen LogP contribution is -2.43. The first-order chi connectivity index (χ1) is 5.96. The number of carbonyl (C=O) groups is 1. The molecule has 0 aliphatic heterocycles. The molecule has 0 amide bonds. The number of carboxylic acid groups (broad SMARTS) is 1. The van der Waals surface area contributed by atoms with Gasteiger partial charge >= 0.3 is 5.97 Å². The molecular formula is C10H18O3. The SMILES string of the molecule is CC1CCC(O)(C(C)C(=O)O)CC1. The molecule has 13 heavy (non-hydrogen) atoms. The Morgan fingerprint density at radius 3 is 2.31 bits per heavy atom. The van der Waals surface area contributed by atoms with E-state index in [0.717, 1.165) is 12.8 Å². The summed E-state index contributed by atoms with van der Waals surface area (Å²) in [6.45, 7) is 3.74. The van der Waals surface area contributed by atoms with Gasteiger partial charge in [0.15, 0.2) is 0 Å². The van der Waals surface area contributed by atoms with Crippen LogP contribution in [0.15, 0.2) is 0 Å². The average molecular weight is 186 g/mol. The zero-order valence-corrected chi connectivity index (χ0v) is 8.29. The van der Waals surface area contributed by atoms with Crippen LogP contribution in [-0.4, -0.2) is 21.8 Å². The van der Waals surface area contributed by atoms with Gasteiger partial charge in [0.05, 0.1) is 11.5 Å². The third-order valence-electron chi connectivity index (χ3n) is 3.32. The molecule has 0 bridgehead atoms. The number of aliphatic carboxylic acids is 1. The molecule has 76 valence electrons. The minimum atomic E-state index is -0.960. The van der Waals surface area contributed by atoms with Crippen molar-refractivity contribution in [2.75, 3.05) is 0 Å². The van der Waals surface area contributed by atoms with Crippen LogP contribution in [0.25, 0.3) is 0 Å². The summed E-state index contributed by atoms with van der Waals surface area (Å²) in [6, 6.07) is 0. The van der Waals surface area contributed by atoms with E-state index in [1.165, 1.54) is 0 Å². The van der Waals surface area contributed by atoms with Crippen LogP contribution in [0.3, 0.4) is 0 Å². The molecule has 0 heterocycles. The fourth-order valence-corrected chi connectivity index (χ4v) is 1.92. The minimum Gasteiger partial charge on any atom is -0.481 e. The van der Waals surface area contributed by atoms with Crippen molar-refractivity contribution in [1.29, 1.82) is 0 Å². The molecule has 0 spiro atoms. The summed E-state index contributed by atoms with van der Waals surface area (Å²) in [5, 5.41) is 18.9. The van der Waals surface area contributed by atoms with Crippen molar-refractivity contribution >= 4 is 5.97 Å². The van der Waals surface area contributed by atoms with Crippen molar-refractivity contribution in [3.05, 3.63) is 0 Å². The van der Waals surface area contributed by atoms with Crippen LogP contribution in [0.5, 0.6) is 0 Å². The van der Waals surface area contributed by atoms with E-state index in [1.54, 1.807) is 6.92 Å². The molecule has 0 aromatic heterocycles. The molecule has 1 unspecified atom stereocenters. The standard InChI is InChI=1S/C10H18O3/c1-7-3-5-10(13,6-4-7)8(2)9(11)12/h7-8,13H,3-6H2,1-2H3,(H,11,12). The predicted molar refractivity (Wildman–Crippen MR) is 49.4 cm³/mol. The maximum Gasteiger partial charge on any atom is 0.309 e. The van der Waals surface area contributed by atoms with E-state index in [-0.39, 0.29) is 0 Å². The van der Waals surface area contributed by atoms with Crippen LogP contribution in [0.4, 0.5) is 0 Å². The zero-order valence-electron chi connectivity index (χ0n) is 8.29. The summed E-state index contributed by atoms with van der Waals surface area (Å²) >= 11 is 0. The second-order valence-electron chi connectivity index (χ2n) is 4.35.